The smallest absolute Gasteiger partial charge is 0.392 e. The molecule has 1 N–H and O–H groups in total. The van der Waals surface area contributed by atoms with Crippen LogP contribution in [0.3, 0.4) is 0 Å². The fraction of sp³-hybridized carbons (Fsp3) is 0.833. The van der Waals surface area contributed by atoms with Gasteiger partial charge in [0.25, 0.3) is 0 Å². The van der Waals surface area contributed by atoms with Crippen LogP contribution >= 0.6 is 0 Å². The van der Waals surface area contributed by atoms with Crippen molar-refractivity contribution in [1.82, 2.24) is 0 Å². The first-order valence-electron chi connectivity index (χ1n) is 3.22. The minimum absolute atomic E-state index is 0.0412. The molecule has 0 radical (unpaired) electrons. The van der Waals surface area contributed by atoms with Crippen LogP contribution in [0.1, 0.15) is 12.8 Å². The Morgan fingerprint density at radius 1 is 1.36 bits per heavy atom. The molecular formula is C6H7F3O2. The van der Waals surface area contributed by atoms with Gasteiger partial charge in [-0.2, -0.15) is 13.2 Å². The average Bonchev–Trinajstić information content (AvgIpc) is 1.51. The molecule has 0 bridgehead atoms. The van der Waals surface area contributed by atoms with E-state index in [1.807, 2.05) is 0 Å². The molecule has 1 aliphatic rings. The number of carboxylic acid groups (broad SMARTS) is 1. The quantitative estimate of drug-likeness (QED) is 0.646. The van der Waals surface area contributed by atoms with Gasteiger partial charge >= 0.3 is 12.1 Å². The van der Waals surface area contributed by atoms with Crippen LogP contribution in [-0.2, 0) is 4.79 Å². The number of halogens is 3. The number of rotatable bonds is 1. The summed E-state index contributed by atoms with van der Waals surface area (Å²) in [5.41, 5.74) is 0. The Balaban J connectivity index is 2.57. The van der Waals surface area contributed by atoms with Gasteiger partial charge in [-0.3, -0.25) is 4.79 Å². The van der Waals surface area contributed by atoms with Crippen LogP contribution in [0, 0.1) is 11.8 Å². The van der Waals surface area contributed by atoms with Gasteiger partial charge in [0, 0.05) is 0 Å². The monoisotopic (exact) mass is 168 g/mol. The lowest BCUT2D eigenvalue weighted by Crippen LogP contribution is -2.42. The maximum absolute atomic E-state index is 11.8. The Morgan fingerprint density at radius 2 is 1.91 bits per heavy atom. The number of carbonyl (C=O) groups is 1. The zero-order chi connectivity index (χ0) is 8.65. The van der Waals surface area contributed by atoms with E-state index in [1.165, 1.54) is 0 Å². The summed E-state index contributed by atoms with van der Waals surface area (Å²) in [6.45, 7) is 0. The van der Waals surface area contributed by atoms with Crippen molar-refractivity contribution < 1.29 is 23.1 Å². The fourth-order valence-electron chi connectivity index (χ4n) is 1.19. The molecule has 1 fully saturated rings. The molecule has 0 aromatic heterocycles. The van der Waals surface area contributed by atoms with Gasteiger partial charge in [0.05, 0.1) is 11.8 Å². The van der Waals surface area contributed by atoms with E-state index in [2.05, 4.69) is 0 Å². The van der Waals surface area contributed by atoms with Gasteiger partial charge in [0.1, 0.15) is 0 Å². The highest BCUT2D eigenvalue weighted by molar-refractivity contribution is 5.71. The zero-order valence-corrected chi connectivity index (χ0v) is 5.56. The summed E-state index contributed by atoms with van der Waals surface area (Å²) in [4.78, 5) is 10.1. The molecule has 1 aliphatic carbocycles. The second-order valence-corrected chi connectivity index (χ2v) is 2.67. The second-order valence-electron chi connectivity index (χ2n) is 2.67. The summed E-state index contributed by atoms with van der Waals surface area (Å²) in [6.07, 6.45) is -4.22. The number of carboxylic acids is 1. The summed E-state index contributed by atoms with van der Waals surface area (Å²) >= 11 is 0. The number of alkyl halides is 3. The highest BCUT2D eigenvalue weighted by atomic mass is 19.4. The number of aliphatic carboxylic acids is 1. The summed E-state index contributed by atoms with van der Waals surface area (Å²) in [6, 6.07) is 0. The second kappa shape index (κ2) is 2.39. The first-order chi connectivity index (χ1) is 4.93. The molecule has 2 atom stereocenters. The van der Waals surface area contributed by atoms with Crippen molar-refractivity contribution in [2.75, 3.05) is 0 Å². The third kappa shape index (κ3) is 1.46. The van der Waals surface area contributed by atoms with Gasteiger partial charge in [0.15, 0.2) is 0 Å². The highest BCUT2D eigenvalue weighted by Crippen LogP contribution is 2.45. The molecule has 0 aromatic carbocycles. The normalized spacial score (nSPS) is 31.2. The first-order valence-corrected chi connectivity index (χ1v) is 3.22. The van der Waals surface area contributed by atoms with Crippen molar-refractivity contribution in [2.24, 2.45) is 11.8 Å². The van der Waals surface area contributed by atoms with E-state index in [0.717, 1.165) is 0 Å². The molecule has 2 nitrogen and oxygen atoms in total. The van der Waals surface area contributed by atoms with Gasteiger partial charge in [-0.1, -0.05) is 0 Å². The Kier molecular flexibility index (Phi) is 1.82. The van der Waals surface area contributed by atoms with Crippen LogP contribution in [0.5, 0.6) is 0 Å². The number of hydrogen-bond acceptors (Lipinski definition) is 1. The van der Waals surface area contributed by atoms with Crippen LogP contribution < -0.4 is 0 Å². The van der Waals surface area contributed by atoms with Crippen molar-refractivity contribution in [3.05, 3.63) is 0 Å². The zero-order valence-electron chi connectivity index (χ0n) is 5.56. The molecule has 5 heteroatoms. The molecule has 11 heavy (non-hydrogen) atoms. The van der Waals surface area contributed by atoms with E-state index in [9.17, 15) is 18.0 Å². The average molecular weight is 168 g/mol. The standard InChI is InChI=1S/C6H7F3O2/c7-6(8,9)4-2-1-3(4)5(10)11/h3-4H,1-2H2,(H,10,11)/t3-,4+/m0/s1. The molecule has 0 saturated heterocycles. The molecule has 1 rings (SSSR count). The van der Waals surface area contributed by atoms with E-state index in [-0.39, 0.29) is 12.8 Å². The van der Waals surface area contributed by atoms with E-state index < -0.39 is 24.0 Å². The lowest BCUT2D eigenvalue weighted by molar-refractivity contribution is -0.218. The van der Waals surface area contributed by atoms with Crippen molar-refractivity contribution in [1.29, 1.82) is 0 Å². The van der Waals surface area contributed by atoms with Crippen molar-refractivity contribution in [2.45, 2.75) is 19.0 Å². The Bertz CT molecular complexity index is 175. The molecule has 0 heterocycles. The molecule has 0 aliphatic heterocycles. The minimum atomic E-state index is -4.33. The van der Waals surface area contributed by atoms with Crippen LogP contribution in [0.4, 0.5) is 13.2 Å². The predicted octanol–water partition coefficient (Wildman–Crippen LogP) is 1.66. The summed E-state index contributed by atoms with van der Waals surface area (Å²) in [5.74, 6) is -4.14. The van der Waals surface area contributed by atoms with Gasteiger partial charge in [-0.05, 0) is 12.8 Å². The van der Waals surface area contributed by atoms with E-state index in [4.69, 9.17) is 5.11 Å². The maximum atomic E-state index is 11.8. The topological polar surface area (TPSA) is 37.3 Å². The van der Waals surface area contributed by atoms with E-state index in [1.54, 1.807) is 0 Å². The van der Waals surface area contributed by atoms with Gasteiger partial charge in [-0.15, -0.1) is 0 Å². The predicted molar refractivity (Wildman–Crippen MR) is 29.9 cm³/mol. The Hall–Kier alpha value is -0.740. The van der Waals surface area contributed by atoms with Crippen LogP contribution in [0.25, 0.3) is 0 Å². The lowest BCUT2D eigenvalue weighted by Gasteiger charge is -2.34. The molecule has 0 unspecified atom stereocenters. The van der Waals surface area contributed by atoms with Crippen LogP contribution in [0.15, 0.2) is 0 Å². The molecule has 1 saturated carbocycles. The number of hydrogen-bond donors (Lipinski definition) is 1. The van der Waals surface area contributed by atoms with Crippen molar-refractivity contribution in [3.8, 4) is 0 Å². The molecule has 64 valence electrons. The van der Waals surface area contributed by atoms with Crippen LogP contribution in [-0.4, -0.2) is 17.3 Å². The van der Waals surface area contributed by atoms with Gasteiger partial charge in [-0.25, -0.2) is 0 Å². The van der Waals surface area contributed by atoms with Gasteiger partial charge in [0.2, 0.25) is 0 Å². The fourth-order valence-corrected chi connectivity index (χ4v) is 1.19. The minimum Gasteiger partial charge on any atom is -0.481 e. The van der Waals surface area contributed by atoms with Crippen molar-refractivity contribution >= 4 is 5.97 Å². The van der Waals surface area contributed by atoms with Crippen LogP contribution in [0.2, 0.25) is 0 Å². The largest absolute Gasteiger partial charge is 0.481 e. The first kappa shape index (κ1) is 8.36. The highest BCUT2D eigenvalue weighted by Gasteiger charge is 2.52. The maximum Gasteiger partial charge on any atom is 0.392 e. The van der Waals surface area contributed by atoms with E-state index in [0.29, 0.717) is 0 Å². The molecular weight excluding hydrogens is 161 g/mol. The molecule has 0 spiro atoms. The molecule has 0 aromatic rings. The third-order valence-corrected chi connectivity index (χ3v) is 2.01. The van der Waals surface area contributed by atoms with Gasteiger partial charge < -0.3 is 5.11 Å². The Morgan fingerprint density at radius 3 is 2.00 bits per heavy atom. The molecule has 0 amide bonds. The summed E-state index contributed by atoms with van der Waals surface area (Å²) < 4.78 is 35.5. The lowest BCUT2D eigenvalue weighted by atomic mass is 9.73. The Labute approximate surface area is 61.0 Å². The SMILES string of the molecule is O=C(O)[C@H]1CC[C@H]1C(F)(F)F. The summed E-state index contributed by atoms with van der Waals surface area (Å²) in [5, 5.41) is 8.27. The summed E-state index contributed by atoms with van der Waals surface area (Å²) in [7, 11) is 0. The third-order valence-electron chi connectivity index (χ3n) is 2.01. The van der Waals surface area contributed by atoms with E-state index >= 15 is 0 Å². The van der Waals surface area contributed by atoms with Crippen molar-refractivity contribution in [3.63, 3.8) is 0 Å².